The number of para-hydroxylation sites is 2. The van der Waals surface area contributed by atoms with E-state index < -0.39 is 12.1 Å². The molecule has 0 aliphatic carbocycles. The van der Waals surface area contributed by atoms with Gasteiger partial charge in [-0.3, -0.25) is 9.69 Å². The maximum Gasteiger partial charge on any atom is 0.391 e. The van der Waals surface area contributed by atoms with Gasteiger partial charge in [-0.25, -0.2) is 0 Å². The van der Waals surface area contributed by atoms with E-state index in [-0.39, 0.29) is 25.3 Å². The highest BCUT2D eigenvalue weighted by Gasteiger charge is 2.41. The fourth-order valence-corrected chi connectivity index (χ4v) is 4.04. The Morgan fingerprint density at radius 1 is 1.18 bits per heavy atom. The molecule has 1 aromatic carbocycles. The van der Waals surface area contributed by atoms with Crippen LogP contribution in [0.5, 0.6) is 5.75 Å². The van der Waals surface area contributed by atoms with Gasteiger partial charge in [0.25, 0.3) is 0 Å². The number of alkyl halides is 3. The predicted molar refractivity (Wildman–Crippen MR) is 102 cm³/mol. The van der Waals surface area contributed by atoms with Crippen molar-refractivity contribution < 1.29 is 22.7 Å². The number of carbonyl (C=O) groups excluding carboxylic acids is 1. The van der Waals surface area contributed by atoms with E-state index in [1.54, 1.807) is 7.11 Å². The lowest BCUT2D eigenvalue weighted by Gasteiger charge is -2.32. The maximum absolute atomic E-state index is 12.7. The molecule has 0 unspecified atom stereocenters. The van der Waals surface area contributed by atoms with Crippen LogP contribution in [0.4, 0.5) is 18.9 Å². The van der Waals surface area contributed by atoms with E-state index in [1.807, 2.05) is 29.2 Å². The zero-order valence-corrected chi connectivity index (χ0v) is 16.2. The van der Waals surface area contributed by atoms with Crippen molar-refractivity contribution in [1.82, 2.24) is 10.2 Å². The van der Waals surface area contributed by atoms with Crippen LogP contribution in [-0.4, -0.2) is 63.4 Å². The van der Waals surface area contributed by atoms with Crippen LogP contribution in [0.3, 0.4) is 0 Å². The standard InChI is InChI=1S/C20H28F3N3O2/c1-28-18-5-3-2-4-17(18)26-11-6-15(13-26)12-24-19(27)14-25-9-7-16(8-10-25)20(21,22)23/h2-5,15-16H,6-14H2,1H3,(H,24,27)/t15-/m0/s1. The van der Waals surface area contributed by atoms with Crippen LogP contribution in [-0.2, 0) is 4.79 Å². The molecule has 2 aliphatic rings. The second kappa shape index (κ2) is 9.03. The molecule has 156 valence electrons. The molecule has 5 nitrogen and oxygen atoms in total. The maximum atomic E-state index is 12.7. The Bertz CT molecular complexity index is 660. The summed E-state index contributed by atoms with van der Waals surface area (Å²) in [7, 11) is 1.66. The Kier molecular flexibility index (Phi) is 6.69. The van der Waals surface area contributed by atoms with Gasteiger partial charge < -0.3 is 15.0 Å². The van der Waals surface area contributed by atoms with Crippen LogP contribution in [0.1, 0.15) is 19.3 Å². The third kappa shape index (κ3) is 5.31. The lowest BCUT2D eigenvalue weighted by Crippen LogP contribution is -2.44. The largest absolute Gasteiger partial charge is 0.495 e. The van der Waals surface area contributed by atoms with Crippen molar-refractivity contribution >= 4 is 11.6 Å². The van der Waals surface area contributed by atoms with E-state index >= 15 is 0 Å². The summed E-state index contributed by atoms with van der Waals surface area (Å²) in [5.74, 6) is -0.147. The van der Waals surface area contributed by atoms with Crippen molar-refractivity contribution in [2.75, 3.05) is 51.3 Å². The van der Waals surface area contributed by atoms with E-state index in [0.717, 1.165) is 30.9 Å². The number of carbonyl (C=O) groups is 1. The summed E-state index contributed by atoms with van der Waals surface area (Å²) in [6.07, 6.45) is -2.99. The molecule has 1 amide bonds. The third-order valence-electron chi connectivity index (χ3n) is 5.72. The lowest BCUT2D eigenvalue weighted by atomic mass is 9.96. The van der Waals surface area contributed by atoms with Gasteiger partial charge in [-0.05, 0) is 50.4 Å². The van der Waals surface area contributed by atoms with Crippen molar-refractivity contribution in [3.8, 4) is 5.75 Å². The molecular weight excluding hydrogens is 371 g/mol. The summed E-state index contributed by atoms with van der Waals surface area (Å²) in [6, 6.07) is 7.89. The highest BCUT2D eigenvalue weighted by atomic mass is 19.4. The number of likely N-dealkylation sites (tertiary alicyclic amines) is 1. The van der Waals surface area contributed by atoms with E-state index in [0.29, 0.717) is 25.6 Å². The van der Waals surface area contributed by atoms with Crippen molar-refractivity contribution in [2.24, 2.45) is 11.8 Å². The smallest absolute Gasteiger partial charge is 0.391 e. The van der Waals surface area contributed by atoms with Crippen LogP contribution in [0, 0.1) is 11.8 Å². The fourth-order valence-electron chi connectivity index (χ4n) is 4.04. The van der Waals surface area contributed by atoms with Crippen molar-refractivity contribution in [3.05, 3.63) is 24.3 Å². The molecule has 0 radical (unpaired) electrons. The number of halogens is 3. The predicted octanol–water partition coefficient (Wildman–Crippen LogP) is 2.91. The second-order valence-electron chi connectivity index (χ2n) is 7.67. The number of ether oxygens (including phenoxy) is 1. The van der Waals surface area contributed by atoms with Gasteiger partial charge in [0.05, 0.1) is 25.3 Å². The van der Waals surface area contributed by atoms with Crippen molar-refractivity contribution in [2.45, 2.75) is 25.4 Å². The summed E-state index contributed by atoms with van der Waals surface area (Å²) in [5, 5.41) is 2.95. The number of nitrogens with zero attached hydrogens (tertiary/aromatic N) is 2. The highest BCUT2D eigenvalue weighted by Crippen LogP contribution is 2.34. The highest BCUT2D eigenvalue weighted by molar-refractivity contribution is 5.78. The molecule has 2 aliphatic heterocycles. The first-order chi connectivity index (χ1) is 13.4. The van der Waals surface area contributed by atoms with Crippen LogP contribution < -0.4 is 15.0 Å². The third-order valence-corrected chi connectivity index (χ3v) is 5.72. The Hall–Kier alpha value is -1.96. The fraction of sp³-hybridized carbons (Fsp3) is 0.650. The number of amides is 1. The Morgan fingerprint density at radius 3 is 2.57 bits per heavy atom. The molecule has 0 aromatic heterocycles. The number of piperidine rings is 1. The van der Waals surface area contributed by atoms with Crippen LogP contribution in [0.2, 0.25) is 0 Å². The van der Waals surface area contributed by atoms with E-state index in [4.69, 9.17) is 4.74 Å². The lowest BCUT2D eigenvalue weighted by molar-refractivity contribution is -0.185. The molecule has 1 aromatic rings. The SMILES string of the molecule is COc1ccccc1N1CC[C@@H](CNC(=O)CN2CCC(C(F)(F)F)CC2)C1. The summed E-state index contributed by atoms with van der Waals surface area (Å²) < 4.78 is 43.6. The van der Waals surface area contributed by atoms with Crippen LogP contribution in [0.15, 0.2) is 24.3 Å². The first-order valence-corrected chi connectivity index (χ1v) is 9.80. The average molecular weight is 399 g/mol. The van der Waals surface area contributed by atoms with Gasteiger partial charge in [0.15, 0.2) is 0 Å². The molecule has 28 heavy (non-hydrogen) atoms. The topological polar surface area (TPSA) is 44.8 Å². The quantitative estimate of drug-likeness (QED) is 0.799. The molecule has 2 heterocycles. The van der Waals surface area contributed by atoms with Gasteiger partial charge in [0, 0.05) is 19.6 Å². The number of methoxy groups -OCH3 is 1. The van der Waals surface area contributed by atoms with Gasteiger partial charge in [-0.15, -0.1) is 0 Å². The van der Waals surface area contributed by atoms with Crippen LogP contribution in [0.25, 0.3) is 0 Å². The first-order valence-electron chi connectivity index (χ1n) is 9.80. The van der Waals surface area contributed by atoms with E-state index in [1.165, 1.54) is 0 Å². The molecular formula is C20H28F3N3O2. The minimum absolute atomic E-state index is 0.0767. The number of hydrogen-bond donors (Lipinski definition) is 1. The van der Waals surface area contributed by atoms with Crippen molar-refractivity contribution in [3.63, 3.8) is 0 Å². The molecule has 0 saturated carbocycles. The van der Waals surface area contributed by atoms with Crippen molar-refractivity contribution in [1.29, 1.82) is 0 Å². The van der Waals surface area contributed by atoms with Gasteiger partial charge >= 0.3 is 6.18 Å². The van der Waals surface area contributed by atoms with Crippen LogP contribution >= 0.6 is 0 Å². The second-order valence-corrected chi connectivity index (χ2v) is 7.67. The summed E-state index contributed by atoms with van der Waals surface area (Å²) in [5.41, 5.74) is 1.06. The molecule has 2 fully saturated rings. The Labute approximate surface area is 163 Å². The number of anilines is 1. The summed E-state index contributed by atoms with van der Waals surface area (Å²) >= 11 is 0. The normalized spacial score (nSPS) is 21.7. The molecule has 0 bridgehead atoms. The van der Waals surface area contributed by atoms with Gasteiger partial charge in [-0.1, -0.05) is 12.1 Å². The molecule has 2 saturated heterocycles. The molecule has 1 N–H and O–H groups in total. The van der Waals surface area contributed by atoms with Gasteiger partial charge in [-0.2, -0.15) is 13.2 Å². The van der Waals surface area contributed by atoms with E-state index in [9.17, 15) is 18.0 Å². The minimum atomic E-state index is -4.12. The monoisotopic (exact) mass is 399 g/mol. The number of nitrogens with one attached hydrogen (secondary N) is 1. The number of hydrogen-bond acceptors (Lipinski definition) is 4. The zero-order chi connectivity index (χ0) is 20.1. The number of rotatable bonds is 6. The summed E-state index contributed by atoms with van der Waals surface area (Å²) in [4.78, 5) is 16.3. The molecule has 3 rings (SSSR count). The Morgan fingerprint density at radius 2 is 1.89 bits per heavy atom. The molecule has 1 atom stereocenters. The summed E-state index contributed by atoms with van der Waals surface area (Å²) in [6.45, 7) is 3.16. The Balaban J connectivity index is 1.39. The first kappa shape index (κ1) is 20.8. The van der Waals surface area contributed by atoms with Gasteiger partial charge in [0.2, 0.25) is 5.91 Å². The van der Waals surface area contributed by atoms with Gasteiger partial charge in [0.1, 0.15) is 5.75 Å². The number of benzene rings is 1. The molecule has 0 spiro atoms. The average Bonchev–Trinajstić information content (AvgIpc) is 3.15. The zero-order valence-electron chi connectivity index (χ0n) is 16.2. The minimum Gasteiger partial charge on any atom is -0.495 e. The molecule has 8 heteroatoms. The van der Waals surface area contributed by atoms with E-state index in [2.05, 4.69) is 10.2 Å².